The molecule has 1 fully saturated rings. The summed E-state index contributed by atoms with van der Waals surface area (Å²) in [6, 6.07) is 17.6. The third kappa shape index (κ3) is 6.15. The van der Waals surface area contributed by atoms with Gasteiger partial charge in [0.15, 0.2) is 0 Å². The zero-order valence-electron chi connectivity index (χ0n) is 20.5. The number of carbonyl (C=O) groups excluding carboxylic acids is 1. The lowest BCUT2D eigenvalue weighted by atomic mass is 10.1. The molecular formula is C28H27F3N4O3. The van der Waals surface area contributed by atoms with E-state index in [1.807, 2.05) is 22.8 Å². The number of ether oxygens (including phenoxy) is 2. The molecule has 5 rings (SSSR count). The fraction of sp³-hybridized carbons (Fsp3) is 0.286. The van der Waals surface area contributed by atoms with E-state index in [0.717, 1.165) is 42.8 Å². The van der Waals surface area contributed by atoms with Gasteiger partial charge in [0.1, 0.15) is 18.7 Å². The van der Waals surface area contributed by atoms with Gasteiger partial charge in [0.05, 0.1) is 29.3 Å². The summed E-state index contributed by atoms with van der Waals surface area (Å²) < 4.78 is 51.4. The minimum atomic E-state index is -4.36. The van der Waals surface area contributed by atoms with Crippen molar-refractivity contribution in [2.45, 2.75) is 25.3 Å². The highest BCUT2D eigenvalue weighted by Gasteiger charge is 2.29. The molecule has 1 amide bonds. The van der Waals surface area contributed by atoms with Crippen LogP contribution in [0.2, 0.25) is 0 Å². The number of amides is 1. The van der Waals surface area contributed by atoms with Crippen molar-refractivity contribution in [3.05, 3.63) is 89.7 Å². The molecule has 0 spiro atoms. The average Bonchev–Trinajstić information content (AvgIpc) is 3.36. The Morgan fingerprint density at radius 3 is 2.61 bits per heavy atom. The fourth-order valence-electron chi connectivity index (χ4n) is 4.27. The van der Waals surface area contributed by atoms with Gasteiger partial charge in [-0.1, -0.05) is 12.1 Å². The molecule has 0 saturated carbocycles. The van der Waals surface area contributed by atoms with Crippen molar-refractivity contribution < 1.29 is 27.4 Å². The Labute approximate surface area is 217 Å². The van der Waals surface area contributed by atoms with Crippen LogP contribution in [0.25, 0.3) is 16.7 Å². The van der Waals surface area contributed by atoms with E-state index in [9.17, 15) is 18.0 Å². The van der Waals surface area contributed by atoms with Gasteiger partial charge in [0.25, 0.3) is 5.91 Å². The van der Waals surface area contributed by atoms with E-state index < -0.39 is 11.7 Å². The third-order valence-corrected chi connectivity index (χ3v) is 6.37. The number of hydrogen-bond donors (Lipinski definition) is 2. The largest absolute Gasteiger partial charge is 0.489 e. The van der Waals surface area contributed by atoms with Crippen molar-refractivity contribution in [1.82, 2.24) is 20.2 Å². The Hall–Kier alpha value is -3.89. The van der Waals surface area contributed by atoms with Crippen LogP contribution in [0.1, 0.15) is 27.9 Å². The van der Waals surface area contributed by atoms with E-state index in [1.54, 1.807) is 30.6 Å². The second-order valence-corrected chi connectivity index (χ2v) is 9.04. The van der Waals surface area contributed by atoms with E-state index >= 15 is 0 Å². The number of fused-ring (bicyclic) bond motifs is 1. The first-order valence-electron chi connectivity index (χ1n) is 12.3. The zero-order valence-corrected chi connectivity index (χ0v) is 20.5. The number of alkyl halides is 3. The Morgan fingerprint density at radius 1 is 1.11 bits per heavy atom. The molecule has 1 unspecified atom stereocenters. The van der Waals surface area contributed by atoms with Crippen molar-refractivity contribution >= 4 is 16.9 Å². The summed E-state index contributed by atoms with van der Waals surface area (Å²) in [5.41, 5.74) is 2.89. The van der Waals surface area contributed by atoms with Crippen molar-refractivity contribution in [1.29, 1.82) is 0 Å². The molecule has 198 valence electrons. The van der Waals surface area contributed by atoms with Crippen LogP contribution in [0.5, 0.6) is 5.75 Å². The van der Waals surface area contributed by atoms with Crippen LogP contribution in [0.15, 0.2) is 73.1 Å². The molecule has 0 aliphatic carbocycles. The van der Waals surface area contributed by atoms with E-state index in [4.69, 9.17) is 9.47 Å². The maximum Gasteiger partial charge on any atom is 0.416 e. The summed E-state index contributed by atoms with van der Waals surface area (Å²) in [7, 11) is 0. The van der Waals surface area contributed by atoms with Gasteiger partial charge in [0, 0.05) is 30.9 Å². The highest BCUT2D eigenvalue weighted by molar-refractivity contribution is 5.97. The first-order chi connectivity index (χ1) is 18.4. The van der Waals surface area contributed by atoms with Crippen LogP contribution in [0.4, 0.5) is 13.2 Å². The highest BCUT2D eigenvalue weighted by atomic mass is 19.4. The fourth-order valence-corrected chi connectivity index (χ4v) is 4.27. The first-order valence-corrected chi connectivity index (χ1v) is 12.3. The summed E-state index contributed by atoms with van der Waals surface area (Å²) in [6.07, 6.45) is -1.80. The molecule has 2 N–H and O–H groups in total. The normalized spacial score (nSPS) is 15.9. The number of imidazole rings is 1. The molecule has 1 saturated heterocycles. The lowest BCUT2D eigenvalue weighted by molar-refractivity contribution is -0.137. The molecule has 2 heterocycles. The smallest absolute Gasteiger partial charge is 0.416 e. The van der Waals surface area contributed by atoms with E-state index in [-0.39, 0.29) is 18.6 Å². The maximum atomic E-state index is 12.7. The number of morpholine rings is 1. The molecule has 4 aromatic rings. The Balaban J connectivity index is 1.18. The average molecular weight is 525 g/mol. The van der Waals surface area contributed by atoms with Crippen molar-refractivity contribution in [2.24, 2.45) is 0 Å². The molecular weight excluding hydrogens is 497 g/mol. The SMILES string of the molecule is O=C(NCCC1CNCCO1)c1ccc2c(c1)ncn2-c1ccc(OCc2ccc(C(F)(F)F)cc2)cc1. The molecule has 0 radical (unpaired) electrons. The van der Waals surface area contributed by atoms with Gasteiger partial charge in [-0.05, 0) is 66.6 Å². The maximum absolute atomic E-state index is 12.7. The minimum Gasteiger partial charge on any atom is -0.489 e. The number of aromatic nitrogens is 2. The van der Waals surface area contributed by atoms with Gasteiger partial charge >= 0.3 is 6.18 Å². The molecule has 3 aromatic carbocycles. The quantitative estimate of drug-likeness (QED) is 0.349. The molecule has 1 aliphatic heterocycles. The predicted molar refractivity (Wildman–Crippen MR) is 136 cm³/mol. The van der Waals surface area contributed by atoms with Crippen LogP contribution in [0.3, 0.4) is 0 Å². The number of hydrogen-bond acceptors (Lipinski definition) is 5. The third-order valence-electron chi connectivity index (χ3n) is 6.37. The molecule has 1 aliphatic rings. The number of nitrogens with zero attached hydrogens (tertiary/aromatic N) is 2. The zero-order chi connectivity index (χ0) is 26.5. The van der Waals surface area contributed by atoms with Gasteiger partial charge < -0.3 is 20.1 Å². The lowest BCUT2D eigenvalue weighted by Gasteiger charge is -2.23. The lowest BCUT2D eigenvalue weighted by Crippen LogP contribution is -2.40. The van der Waals surface area contributed by atoms with Crippen molar-refractivity contribution in [2.75, 3.05) is 26.2 Å². The van der Waals surface area contributed by atoms with E-state index in [0.29, 0.717) is 35.5 Å². The Bertz CT molecular complexity index is 1380. The number of nitrogens with one attached hydrogen (secondary N) is 2. The summed E-state index contributed by atoms with van der Waals surface area (Å²) in [5.74, 6) is 0.436. The summed E-state index contributed by atoms with van der Waals surface area (Å²) >= 11 is 0. The minimum absolute atomic E-state index is 0.115. The summed E-state index contributed by atoms with van der Waals surface area (Å²) in [5, 5.41) is 6.22. The standard InChI is InChI=1S/C28H27F3N4O3/c29-28(30,31)21-4-1-19(2-5-21)17-38-23-8-6-22(7-9-23)35-18-34-25-15-20(3-10-26(25)35)27(36)33-12-11-24-16-32-13-14-37-24/h1-10,15,18,24,32H,11-14,16-17H2,(H,33,36). The molecule has 7 nitrogen and oxygen atoms in total. The second-order valence-electron chi connectivity index (χ2n) is 9.04. The van der Waals surface area contributed by atoms with Gasteiger partial charge in [-0.25, -0.2) is 4.98 Å². The van der Waals surface area contributed by atoms with Gasteiger partial charge in [-0.15, -0.1) is 0 Å². The Kier molecular flexibility index (Phi) is 7.62. The van der Waals surface area contributed by atoms with Crippen molar-refractivity contribution in [3.63, 3.8) is 0 Å². The molecule has 38 heavy (non-hydrogen) atoms. The monoisotopic (exact) mass is 524 g/mol. The van der Waals surface area contributed by atoms with Crippen LogP contribution in [-0.2, 0) is 17.5 Å². The number of benzene rings is 3. The van der Waals surface area contributed by atoms with Crippen LogP contribution < -0.4 is 15.4 Å². The van der Waals surface area contributed by atoms with Crippen LogP contribution >= 0.6 is 0 Å². The van der Waals surface area contributed by atoms with Crippen LogP contribution in [-0.4, -0.2) is 47.8 Å². The Morgan fingerprint density at radius 2 is 1.89 bits per heavy atom. The van der Waals surface area contributed by atoms with Crippen molar-refractivity contribution in [3.8, 4) is 11.4 Å². The second kappa shape index (κ2) is 11.2. The van der Waals surface area contributed by atoms with Gasteiger partial charge in [0.2, 0.25) is 0 Å². The van der Waals surface area contributed by atoms with Gasteiger partial charge in [-0.3, -0.25) is 9.36 Å². The summed E-state index contributed by atoms with van der Waals surface area (Å²) in [4.78, 5) is 17.1. The van der Waals surface area contributed by atoms with E-state index in [1.165, 1.54) is 12.1 Å². The van der Waals surface area contributed by atoms with E-state index in [2.05, 4.69) is 15.6 Å². The molecule has 0 bridgehead atoms. The number of rotatable bonds is 8. The van der Waals surface area contributed by atoms with Crippen LogP contribution in [0, 0.1) is 0 Å². The molecule has 10 heteroatoms. The first kappa shape index (κ1) is 25.7. The topological polar surface area (TPSA) is 77.4 Å². The summed E-state index contributed by atoms with van der Waals surface area (Å²) in [6.45, 7) is 3.03. The molecule has 1 atom stereocenters. The predicted octanol–water partition coefficient (Wildman–Crippen LogP) is 4.73. The number of halogens is 3. The highest BCUT2D eigenvalue weighted by Crippen LogP contribution is 2.29. The van der Waals surface area contributed by atoms with Gasteiger partial charge in [-0.2, -0.15) is 13.2 Å². The molecule has 1 aromatic heterocycles. The number of carbonyl (C=O) groups is 1.